The van der Waals surface area contributed by atoms with E-state index in [-0.39, 0.29) is 23.5 Å². The van der Waals surface area contributed by atoms with E-state index in [2.05, 4.69) is 43.4 Å². The Hall–Kier alpha value is -1.36. The highest BCUT2D eigenvalue weighted by Gasteiger charge is 2.34. The Kier molecular flexibility index (Phi) is 5.00. The van der Waals surface area contributed by atoms with Gasteiger partial charge in [-0.1, -0.05) is 38.1 Å². The lowest BCUT2D eigenvalue weighted by atomic mass is 9.71. The molecular weight excluding hydrogens is 320 g/mol. The van der Waals surface area contributed by atoms with Crippen LogP contribution in [0, 0.1) is 0 Å². The van der Waals surface area contributed by atoms with Gasteiger partial charge in [-0.3, -0.25) is 4.21 Å². The highest BCUT2D eigenvalue weighted by molar-refractivity contribution is 7.85. The van der Waals surface area contributed by atoms with Crippen molar-refractivity contribution in [2.75, 3.05) is 18.6 Å². The minimum Gasteiger partial charge on any atom is -0.331 e. The van der Waals surface area contributed by atoms with Crippen LogP contribution in [0.15, 0.2) is 24.3 Å². The number of hydrogen-bond donors (Lipinski definition) is 1. The molecule has 24 heavy (non-hydrogen) atoms. The maximum atomic E-state index is 12.7. The van der Waals surface area contributed by atoms with Crippen LogP contribution in [0.1, 0.15) is 56.7 Å². The SMILES string of the molecule is CN(C(=O)N[C@H]1CCC(C)(C)c2ccccc21)C1CCS(=O)CC1. The summed E-state index contributed by atoms with van der Waals surface area (Å²) in [5.74, 6) is 1.42. The minimum absolute atomic E-state index is 0.00723. The van der Waals surface area contributed by atoms with Crippen LogP contribution in [0.3, 0.4) is 0 Å². The molecule has 1 aliphatic heterocycles. The van der Waals surface area contributed by atoms with E-state index < -0.39 is 10.8 Å². The fourth-order valence-corrected chi connectivity index (χ4v) is 5.22. The van der Waals surface area contributed by atoms with Crippen molar-refractivity contribution in [2.24, 2.45) is 0 Å². The molecule has 132 valence electrons. The molecule has 0 radical (unpaired) electrons. The van der Waals surface area contributed by atoms with E-state index in [0.29, 0.717) is 11.5 Å². The molecule has 0 saturated carbocycles. The van der Waals surface area contributed by atoms with Crippen LogP contribution < -0.4 is 5.32 Å². The molecule has 4 nitrogen and oxygen atoms in total. The molecule has 1 fully saturated rings. The normalized spacial score (nSPS) is 28.7. The third-order valence-electron chi connectivity index (χ3n) is 5.65. The van der Waals surface area contributed by atoms with Gasteiger partial charge >= 0.3 is 6.03 Å². The maximum Gasteiger partial charge on any atom is 0.317 e. The van der Waals surface area contributed by atoms with Crippen molar-refractivity contribution < 1.29 is 9.00 Å². The van der Waals surface area contributed by atoms with Crippen LogP contribution in [0.5, 0.6) is 0 Å². The number of nitrogens with one attached hydrogen (secondary N) is 1. The van der Waals surface area contributed by atoms with Gasteiger partial charge in [-0.2, -0.15) is 0 Å². The van der Waals surface area contributed by atoms with Crippen molar-refractivity contribution in [1.29, 1.82) is 0 Å². The van der Waals surface area contributed by atoms with Crippen LogP contribution in [-0.2, 0) is 16.2 Å². The quantitative estimate of drug-likeness (QED) is 0.891. The van der Waals surface area contributed by atoms with E-state index in [1.807, 2.05) is 11.9 Å². The van der Waals surface area contributed by atoms with Crippen molar-refractivity contribution in [1.82, 2.24) is 10.2 Å². The molecule has 1 aromatic carbocycles. The Morgan fingerprint density at radius 1 is 1.21 bits per heavy atom. The summed E-state index contributed by atoms with van der Waals surface area (Å²) in [5, 5.41) is 3.23. The van der Waals surface area contributed by atoms with E-state index in [1.54, 1.807) is 0 Å². The summed E-state index contributed by atoms with van der Waals surface area (Å²) in [6, 6.07) is 8.75. The number of urea groups is 1. The first kappa shape index (κ1) is 17.5. The zero-order valence-electron chi connectivity index (χ0n) is 14.9. The summed E-state index contributed by atoms with van der Waals surface area (Å²) >= 11 is 0. The third-order valence-corrected chi connectivity index (χ3v) is 7.03. The summed E-state index contributed by atoms with van der Waals surface area (Å²) < 4.78 is 11.5. The standard InChI is InChI=1S/C19H28N2O2S/c1-19(2)11-8-17(15-6-4-5-7-16(15)19)20-18(22)21(3)14-9-12-24(23)13-10-14/h4-7,14,17H,8-13H2,1-3H3,(H,20,22)/t14?,17-,24?/m0/s1. The van der Waals surface area contributed by atoms with Gasteiger partial charge in [0.05, 0.1) is 6.04 Å². The fourth-order valence-electron chi connectivity index (χ4n) is 3.95. The zero-order valence-corrected chi connectivity index (χ0v) is 15.7. The highest BCUT2D eigenvalue weighted by atomic mass is 32.2. The minimum atomic E-state index is -0.694. The van der Waals surface area contributed by atoms with Crippen LogP contribution in [0.2, 0.25) is 0 Å². The second kappa shape index (κ2) is 6.87. The molecule has 3 rings (SSSR count). The number of amides is 2. The Bertz CT molecular complexity index is 634. The molecule has 1 saturated heterocycles. The Labute approximate surface area is 147 Å². The van der Waals surface area contributed by atoms with Crippen molar-refractivity contribution in [3.8, 4) is 0 Å². The van der Waals surface area contributed by atoms with Gasteiger partial charge in [-0.05, 0) is 42.2 Å². The molecule has 0 unspecified atom stereocenters. The summed E-state index contributed by atoms with van der Waals surface area (Å²) in [7, 11) is 1.17. The van der Waals surface area contributed by atoms with Crippen molar-refractivity contribution in [3.63, 3.8) is 0 Å². The van der Waals surface area contributed by atoms with Crippen molar-refractivity contribution in [2.45, 2.75) is 57.0 Å². The van der Waals surface area contributed by atoms with E-state index >= 15 is 0 Å². The highest BCUT2D eigenvalue weighted by Crippen LogP contribution is 2.41. The Morgan fingerprint density at radius 3 is 2.58 bits per heavy atom. The Balaban J connectivity index is 1.70. The third kappa shape index (κ3) is 3.51. The lowest BCUT2D eigenvalue weighted by Crippen LogP contribution is -2.48. The van der Waals surface area contributed by atoms with Crippen LogP contribution in [-0.4, -0.2) is 39.7 Å². The molecule has 5 heteroatoms. The lowest BCUT2D eigenvalue weighted by Gasteiger charge is -2.39. The molecule has 2 aliphatic rings. The molecule has 2 amide bonds. The van der Waals surface area contributed by atoms with Gasteiger partial charge in [0.2, 0.25) is 0 Å². The molecule has 0 spiro atoms. The first-order chi connectivity index (χ1) is 11.4. The zero-order chi connectivity index (χ0) is 17.3. The van der Waals surface area contributed by atoms with Crippen LogP contribution >= 0.6 is 0 Å². The predicted octanol–water partition coefficient (Wildman–Crippen LogP) is 3.35. The summed E-state index contributed by atoms with van der Waals surface area (Å²) in [5.41, 5.74) is 2.76. The van der Waals surface area contributed by atoms with Gasteiger partial charge < -0.3 is 10.2 Å². The van der Waals surface area contributed by atoms with E-state index in [9.17, 15) is 9.00 Å². The van der Waals surface area contributed by atoms with Crippen molar-refractivity contribution in [3.05, 3.63) is 35.4 Å². The number of carbonyl (C=O) groups excluding carboxylic acids is 1. The second-order valence-electron chi connectivity index (χ2n) is 7.70. The van der Waals surface area contributed by atoms with Gasteiger partial charge in [0.1, 0.15) is 0 Å². The average Bonchev–Trinajstić information content (AvgIpc) is 2.58. The van der Waals surface area contributed by atoms with Gasteiger partial charge in [0.15, 0.2) is 0 Å². The lowest BCUT2D eigenvalue weighted by molar-refractivity contribution is 0.179. The number of nitrogens with zero attached hydrogens (tertiary/aromatic N) is 1. The molecule has 1 heterocycles. The van der Waals surface area contributed by atoms with Crippen LogP contribution in [0.4, 0.5) is 4.79 Å². The number of benzene rings is 1. The number of rotatable bonds is 2. The smallest absolute Gasteiger partial charge is 0.317 e. The molecule has 1 aromatic rings. The second-order valence-corrected chi connectivity index (χ2v) is 9.40. The summed E-state index contributed by atoms with van der Waals surface area (Å²) in [6.07, 6.45) is 3.72. The number of hydrogen-bond acceptors (Lipinski definition) is 2. The molecule has 1 atom stereocenters. The maximum absolute atomic E-state index is 12.7. The van der Waals surface area contributed by atoms with E-state index in [0.717, 1.165) is 25.7 Å². The van der Waals surface area contributed by atoms with Gasteiger partial charge in [-0.15, -0.1) is 0 Å². The average molecular weight is 349 g/mol. The molecule has 0 bridgehead atoms. The first-order valence-electron chi connectivity index (χ1n) is 8.86. The largest absolute Gasteiger partial charge is 0.331 e. The monoisotopic (exact) mass is 348 g/mol. The molecule has 1 N–H and O–H groups in total. The fraction of sp³-hybridized carbons (Fsp3) is 0.632. The molecule has 0 aromatic heterocycles. The Morgan fingerprint density at radius 2 is 1.88 bits per heavy atom. The summed E-state index contributed by atoms with van der Waals surface area (Å²) in [6.45, 7) is 4.55. The van der Waals surface area contributed by atoms with Gasteiger partial charge in [-0.25, -0.2) is 4.79 Å². The van der Waals surface area contributed by atoms with Gasteiger partial charge in [0.25, 0.3) is 0 Å². The molecule has 1 aliphatic carbocycles. The van der Waals surface area contributed by atoms with Crippen LogP contribution in [0.25, 0.3) is 0 Å². The van der Waals surface area contributed by atoms with Crippen molar-refractivity contribution >= 4 is 16.8 Å². The number of carbonyl (C=O) groups is 1. The van der Waals surface area contributed by atoms with E-state index in [4.69, 9.17) is 0 Å². The summed E-state index contributed by atoms with van der Waals surface area (Å²) in [4.78, 5) is 14.5. The topological polar surface area (TPSA) is 49.4 Å². The van der Waals surface area contributed by atoms with Gasteiger partial charge in [0, 0.05) is 35.4 Å². The predicted molar refractivity (Wildman–Crippen MR) is 98.6 cm³/mol. The van der Waals surface area contributed by atoms with E-state index in [1.165, 1.54) is 11.1 Å². The number of fused-ring (bicyclic) bond motifs is 1. The first-order valence-corrected chi connectivity index (χ1v) is 10.3. The molecular formula is C19H28N2O2S.